The fourth-order valence-corrected chi connectivity index (χ4v) is 0. The summed E-state index contributed by atoms with van der Waals surface area (Å²) in [5.74, 6) is 0. The average Bonchev–Trinajstić information content (AvgIpc) is 1.35. The summed E-state index contributed by atoms with van der Waals surface area (Å²) in [5, 5.41) is 0. The maximum absolute atomic E-state index is 3.85. The van der Waals surface area contributed by atoms with Crippen molar-refractivity contribution in [1.29, 1.82) is 0 Å². The normalized spacial score (nSPS) is 12.0. The SMILES string of the molecule is [CH2]C(I)(I)CI. The van der Waals surface area contributed by atoms with E-state index in [2.05, 4.69) is 74.7 Å². The first-order valence-corrected chi connectivity index (χ1v) is 5.04. The maximum atomic E-state index is 3.85. The first-order chi connectivity index (χ1) is 2.56. The Kier molecular flexibility index (Phi) is 4.45. The van der Waals surface area contributed by atoms with Crippen molar-refractivity contribution >= 4 is 67.8 Å². The molecule has 0 saturated carbocycles. The van der Waals surface area contributed by atoms with Gasteiger partial charge in [-0.1, -0.05) is 67.8 Å². The van der Waals surface area contributed by atoms with Gasteiger partial charge >= 0.3 is 0 Å². The van der Waals surface area contributed by atoms with Gasteiger partial charge in [0.1, 0.15) is 0 Å². The highest BCUT2D eigenvalue weighted by Gasteiger charge is 2.10. The lowest BCUT2D eigenvalue weighted by Crippen LogP contribution is -2.03. The lowest BCUT2D eigenvalue weighted by Gasteiger charge is -2.05. The van der Waals surface area contributed by atoms with Gasteiger partial charge in [-0.15, -0.1) is 0 Å². The van der Waals surface area contributed by atoms with Crippen molar-refractivity contribution in [2.75, 3.05) is 4.43 Å². The molecule has 6 heavy (non-hydrogen) atoms. The lowest BCUT2D eigenvalue weighted by atomic mass is 10.6. The topological polar surface area (TPSA) is 0 Å². The number of halogens is 3. The van der Waals surface area contributed by atoms with Crippen LogP contribution in [0.2, 0.25) is 0 Å². The van der Waals surface area contributed by atoms with Crippen LogP contribution < -0.4 is 0 Å². The molecule has 0 unspecified atom stereocenters. The Morgan fingerprint density at radius 3 is 1.67 bits per heavy atom. The third-order valence-corrected chi connectivity index (χ3v) is 5.18. The van der Waals surface area contributed by atoms with Gasteiger partial charge in [-0.25, -0.2) is 0 Å². The summed E-state index contributed by atoms with van der Waals surface area (Å²) in [6, 6.07) is 0. The van der Waals surface area contributed by atoms with Gasteiger partial charge in [0.05, 0.1) is 1.43 Å². The molecule has 0 aliphatic carbocycles. The molecular formula is C3H4I3. The van der Waals surface area contributed by atoms with Crippen molar-refractivity contribution in [1.82, 2.24) is 0 Å². The van der Waals surface area contributed by atoms with Crippen molar-refractivity contribution in [2.45, 2.75) is 1.43 Å². The van der Waals surface area contributed by atoms with Gasteiger partial charge in [-0.05, 0) is 6.92 Å². The maximum Gasteiger partial charge on any atom is 0.0824 e. The summed E-state index contributed by atoms with van der Waals surface area (Å²) < 4.78 is 1.32. The van der Waals surface area contributed by atoms with Crippen LogP contribution in [0, 0.1) is 6.92 Å². The average molecular weight is 421 g/mol. The zero-order valence-corrected chi connectivity index (χ0v) is 9.52. The summed E-state index contributed by atoms with van der Waals surface area (Å²) in [5.41, 5.74) is 0. The number of hydrogen-bond donors (Lipinski definition) is 0. The Morgan fingerprint density at radius 1 is 1.50 bits per heavy atom. The fourth-order valence-electron chi connectivity index (χ4n) is 0. The van der Waals surface area contributed by atoms with Gasteiger partial charge in [0, 0.05) is 4.43 Å². The molecule has 0 rings (SSSR count). The van der Waals surface area contributed by atoms with Gasteiger partial charge in [0.25, 0.3) is 0 Å². The van der Waals surface area contributed by atoms with E-state index in [0.29, 0.717) is 0 Å². The van der Waals surface area contributed by atoms with Crippen molar-refractivity contribution in [2.24, 2.45) is 0 Å². The van der Waals surface area contributed by atoms with E-state index in [-0.39, 0.29) is 1.43 Å². The largest absolute Gasteiger partial charge is 0.0841 e. The summed E-state index contributed by atoms with van der Waals surface area (Å²) in [6.07, 6.45) is 0. The van der Waals surface area contributed by atoms with Crippen molar-refractivity contribution in [3.8, 4) is 0 Å². The first kappa shape index (κ1) is 8.19. The summed E-state index contributed by atoms with van der Waals surface area (Å²) in [6.45, 7) is 3.85. The second-order valence-corrected chi connectivity index (χ2v) is 7.95. The Balaban J connectivity index is 3.17. The van der Waals surface area contributed by atoms with Gasteiger partial charge < -0.3 is 0 Å². The van der Waals surface area contributed by atoms with E-state index >= 15 is 0 Å². The molecule has 0 aromatic carbocycles. The second kappa shape index (κ2) is 3.26. The van der Waals surface area contributed by atoms with E-state index in [1.54, 1.807) is 0 Å². The Bertz CT molecular complexity index is 35.8. The highest BCUT2D eigenvalue weighted by molar-refractivity contribution is 14.2. The highest BCUT2D eigenvalue weighted by Crippen LogP contribution is 2.27. The third-order valence-electron chi connectivity index (χ3n) is 0.196. The van der Waals surface area contributed by atoms with E-state index in [9.17, 15) is 0 Å². The molecule has 0 fully saturated rings. The number of hydrogen-bond acceptors (Lipinski definition) is 0. The molecule has 1 radical (unpaired) electrons. The minimum absolute atomic E-state index is 0.218. The Morgan fingerprint density at radius 2 is 1.67 bits per heavy atom. The van der Waals surface area contributed by atoms with Crippen LogP contribution in [0.3, 0.4) is 0 Å². The van der Waals surface area contributed by atoms with E-state index in [4.69, 9.17) is 0 Å². The van der Waals surface area contributed by atoms with Crippen molar-refractivity contribution < 1.29 is 0 Å². The molecule has 0 saturated heterocycles. The van der Waals surface area contributed by atoms with Crippen LogP contribution >= 0.6 is 67.8 Å². The van der Waals surface area contributed by atoms with Crippen molar-refractivity contribution in [3.05, 3.63) is 6.92 Å². The van der Waals surface area contributed by atoms with E-state index in [0.717, 1.165) is 4.43 Å². The molecule has 0 heterocycles. The standard InChI is InChI=1S/C3H4I3/c1-3(5,6)2-4/h1-2H2. The van der Waals surface area contributed by atoms with Crippen LogP contribution in [0.5, 0.6) is 0 Å². The van der Waals surface area contributed by atoms with Crippen molar-refractivity contribution in [3.63, 3.8) is 0 Å². The summed E-state index contributed by atoms with van der Waals surface area (Å²) >= 11 is 6.93. The molecule has 0 aliphatic heterocycles. The molecule has 0 spiro atoms. The van der Waals surface area contributed by atoms with E-state index in [1.807, 2.05) is 0 Å². The smallest absolute Gasteiger partial charge is 0.0824 e. The molecule has 0 bridgehead atoms. The van der Waals surface area contributed by atoms with Crippen LogP contribution in [0.4, 0.5) is 0 Å². The second-order valence-electron chi connectivity index (χ2n) is 0.990. The zero-order chi connectivity index (χ0) is 5.21. The third kappa shape index (κ3) is 6.19. The Labute approximate surface area is 79.3 Å². The van der Waals surface area contributed by atoms with Gasteiger partial charge in [-0.3, -0.25) is 0 Å². The van der Waals surface area contributed by atoms with Gasteiger partial charge in [-0.2, -0.15) is 0 Å². The highest BCUT2D eigenvalue weighted by atomic mass is 127. The minimum Gasteiger partial charge on any atom is -0.0841 e. The molecule has 0 aromatic rings. The minimum atomic E-state index is 0.218. The fraction of sp³-hybridized carbons (Fsp3) is 0.667. The predicted octanol–water partition coefficient (Wildman–Crippen LogP) is 2.82. The quantitative estimate of drug-likeness (QED) is 0.452. The van der Waals surface area contributed by atoms with Gasteiger partial charge in [0.2, 0.25) is 0 Å². The van der Waals surface area contributed by atoms with E-state index in [1.165, 1.54) is 0 Å². The zero-order valence-electron chi connectivity index (χ0n) is 3.05. The monoisotopic (exact) mass is 421 g/mol. The van der Waals surface area contributed by atoms with Crippen LogP contribution in [-0.4, -0.2) is 5.86 Å². The molecule has 0 N–H and O–H groups in total. The molecular weight excluding hydrogens is 417 g/mol. The predicted molar refractivity (Wildman–Crippen MR) is 55.0 cm³/mol. The summed E-state index contributed by atoms with van der Waals surface area (Å²) in [7, 11) is 0. The van der Waals surface area contributed by atoms with Gasteiger partial charge in [0.15, 0.2) is 0 Å². The van der Waals surface area contributed by atoms with Crippen LogP contribution in [0.15, 0.2) is 0 Å². The molecule has 37 valence electrons. The van der Waals surface area contributed by atoms with E-state index < -0.39 is 0 Å². The molecule has 0 nitrogen and oxygen atoms in total. The number of rotatable bonds is 1. The summed E-state index contributed by atoms with van der Waals surface area (Å²) in [4.78, 5) is 0. The van der Waals surface area contributed by atoms with Crippen LogP contribution in [0.1, 0.15) is 0 Å². The van der Waals surface area contributed by atoms with Crippen LogP contribution in [-0.2, 0) is 0 Å². The Hall–Kier alpha value is 2.19. The molecule has 0 aromatic heterocycles. The van der Waals surface area contributed by atoms with Crippen LogP contribution in [0.25, 0.3) is 0 Å². The number of alkyl halides is 3. The molecule has 0 atom stereocenters. The molecule has 0 amide bonds. The first-order valence-electron chi connectivity index (χ1n) is 1.35. The molecule has 0 aliphatic rings. The molecule has 3 heteroatoms. The lowest BCUT2D eigenvalue weighted by molar-refractivity contribution is 1.32.